The van der Waals surface area contributed by atoms with Crippen molar-refractivity contribution in [1.82, 2.24) is 0 Å². The Kier molecular flexibility index (Phi) is 3.00. The summed E-state index contributed by atoms with van der Waals surface area (Å²) in [4.78, 5) is 13.2. The van der Waals surface area contributed by atoms with Crippen LogP contribution in [-0.4, -0.2) is 24.2 Å². The Bertz CT molecular complexity index is 464. The molecule has 1 aliphatic heterocycles. The Morgan fingerprint density at radius 3 is 2.32 bits per heavy atom. The van der Waals surface area contributed by atoms with E-state index in [0.717, 1.165) is 24.7 Å². The maximum atomic E-state index is 10.8. The number of carboxylic acids is 1. The van der Waals surface area contributed by atoms with Crippen molar-refractivity contribution in [3.8, 4) is 0 Å². The minimum atomic E-state index is -0.854. The molecule has 2 fully saturated rings. The molecule has 1 N–H and O–H groups in total. The lowest BCUT2D eigenvalue weighted by Gasteiger charge is -2.54. The quantitative estimate of drug-likeness (QED) is 0.885. The number of carboxylic acid groups (broad SMARTS) is 1. The van der Waals surface area contributed by atoms with Gasteiger partial charge >= 0.3 is 5.97 Å². The summed E-state index contributed by atoms with van der Waals surface area (Å²) in [5.74, 6) is 0.0439. The Hall–Kier alpha value is -1.51. The van der Waals surface area contributed by atoms with E-state index in [2.05, 4.69) is 11.8 Å². The van der Waals surface area contributed by atoms with Crippen LogP contribution in [0.25, 0.3) is 0 Å². The Morgan fingerprint density at radius 2 is 1.79 bits per heavy atom. The monoisotopic (exact) mass is 259 g/mol. The summed E-state index contributed by atoms with van der Waals surface area (Å²) >= 11 is 0. The summed E-state index contributed by atoms with van der Waals surface area (Å²) < 4.78 is 0. The van der Waals surface area contributed by atoms with Gasteiger partial charge in [0.15, 0.2) is 0 Å². The van der Waals surface area contributed by atoms with Crippen LogP contribution in [0, 0.1) is 11.3 Å². The van der Waals surface area contributed by atoms with Crippen molar-refractivity contribution >= 4 is 11.7 Å². The van der Waals surface area contributed by atoms with Gasteiger partial charge < -0.3 is 10.0 Å². The van der Waals surface area contributed by atoms with Crippen LogP contribution in [0.2, 0.25) is 0 Å². The van der Waals surface area contributed by atoms with Crippen molar-refractivity contribution < 1.29 is 9.90 Å². The number of hydrogen-bond acceptors (Lipinski definition) is 2. The molecular weight excluding hydrogens is 238 g/mol. The largest absolute Gasteiger partial charge is 0.478 e. The third-order valence-electron chi connectivity index (χ3n) is 4.87. The number of aromatic carboxylic acids is 1. The number of benzene rings is 1. The fraction of sp³-hybridized carbons (Fsp3) is 0.562. The second-order valence-electron chi connectivity index (χ2n) is 6.39. The molecular formula is C16H21NO2. The molecule has 0 atom stereocenters. The highest BCUT2D eigenvalue weighted by molar-refractivity contribution is 5.88. The molecule has 1 aromatic rings. The van der Waals surface area contributed by atoms with E-state index in [1.165, 1.54) is 25.7 Å². The first kappa shape index (κ1) is 12.5. The van der Waals surface area contributed by atoms with Crippen molar-refractivity contribution in [3.63, 3.8) is 0 Å². The zero-order valence-electron chi connectivity index (χ0n) is 11.4. The maximum Gasteiger partial charge on any atom is 0.335 e. The molecule has 1 saturated carbocycles. The van der Waals surface area contributed by atoms with Crippen molar-refractivity contribution in [2.45, 2.75) is 32.6 Å². The van der Waals surface area contributed by atoms with Gasteiger partial charge in [0, 0.05) is 24.2 Å². The molecule has 1 spiro atoms. The smallest absolute Gasteiger partial charge is 0.335 e. The molecule has 1 saturated heterocycles. The third kappa shape index (κ3) is 2.34. The highest BCUT2D eigenvalue weighted by atomic mass is 16.4. The lowest BCUT2D eigenvalue weighted by molar-refractivity contribution is 0.0697. The fourth-order valence-corrected chi connectivity index (χ4v) is 3.45. The van der Waals surface area contributed by atoms with Crippen LogP contribution in [0.1, 0.15) is 43.0 Å². The summed E-state index contributed by atoms with van der Waals surface area (Å²) in [6, 6.07) is 7.26. The van der Waals surface area contributed by atoms with Crippen molar-refractivity contribution in [2.75, 3.05) is 18.0 Å². The van der Waals surface area contributed by atoms with Gasteiger partial charge in [-0.1, -0.05) is 19.8 Å². The summed E-state index contributed by atoms with van der Waals surface area (Å²) in [6.45, 7) is 4.65. The van der Waals surface area contributed by atoms with Gasteiger partial charge in [0.1, 0.15) is 0 Å². The van der Waals surface area contributed by atoms with Crippen LogP contribution in [0.3, 0.4) is 0 Å². The molecule has 0 amide bonds. The molecule has 19 heavy (non-hydrogen) atoms. The van der Waals surface area contributed by atoms with Crippen LogP contribution in [0.5, 0.6) is 0 Å². The minimum absolute atomic E-state index is 0.366. The van der Waals surface area contributed by atoms with E-state index in [1.807, 2.05) is 12.1 Å². The molecule has 2 aliphatic rings. The van der Waals surface area contributed by atoms with E-state index in [-0.39, 0.29) is 0 Å². The lowest BCUT2D eigenvalue weighted by atomic mass is 9.66. The van der Waals surface area contributed by atoms with Crippen LogP contribution >= 0.6 is 0 Å². The second-order valence-corrected chi connectivity index (χ2v) is 6.39. The van der Waals surface area contributed by atoms with Crippen LogP contribution < -0.4 is 4.90 Å². The zero-order valence-corrected chi connectivity index (χ0v) is 11.4. The first-order valence-corrected chi connectivity index (χ1v) is 7.16. The predicted molar refractivity (Wildman–Crippen MR) is 75.7 cm³/mol. The summed E-state index contributed by atoms with van der Waals surface area (Å²) in [6.07, 6.45) is 5.45. The average molecular weight is 259 g/mol. The molecule has 0 radical (unpaired) electrons. The highest BCUT2D eigenvalue weighted by Crippen LogP contribution is 2.46. The minimum Gasteiger partial charge on any atom is -0.478 e. The van der Waals surface area contributed by atoms with E-state index >= 15 is 0 Å². The topological polar surface area (TPSA) is 40.5 Å². The van der Waals surface area contributed by atoms with Crippen LogP contribution in [0.4, 0.5) is 5.69 Å². The van der Waals surface area contributed by atoms with Crippen molar-refractivity contribution in [2.24, 2.45) is 11.3 Å². The molecule has 0 aromatic heterocycles. The van der Waals surface area contributed by atoms with E-state index in [4.69, 9.17) is 5.11 Å². The molecule has 1 aliphatic carbocycles. The average Bonchev–Trinajstić information content (AvgIpc) is 2.37. The predicted octanol–water partition coefficient (Wildman–Crippen LogP) is 3.40. The lowest BCUT2D eigenvalue weighted by Crippen LogP contribution is -2.57. The molecule has 3 nitrogen and oxygen atoms in total. The van der Waals surface area contributed by atoms with Gasteiger partial charge in [-0.25, -0.2) is 4.79 Å². The van der Waals surface area contributed by atoms with Crippen LogP contribution in [-0.2, 0) is 0 Å². The number of carbonyl (C=O) groups is 1. The number of anilines is 1. The molecule has 102 valence electrons. The molecule has 3 heteroatoms. The third-order valence-corrected chi connectivity index (χ3v) is 4.87. The van der Waals surface area contributed by atoms with Gasteiger partial charge in [-0.05, 0) is 43.0 Å². The normalized spacial score (nSPS) is 22.3. The first-order chi connectivity index (χ1) is 9.08. The van der Waals surface area contributed by atoms with Gasteiger partial charge in [0.05, 0.1) is 5.56 Å². The zero-order chi connectivity index (χ0) is 13.5. The van der Waals surface area contributed by atoms with Gasteiger partial charge in [0.2, 0.25) is 0 Å². The van der Waals surface area contributed by atoms with E-state index < -0.39 is 5.97 Å². The van der Waals surface area contributed by atoms with Gasteiger partial charge in [0.25, 0.3) is 0 Å². The number of nitrogens with zero attached hydrogens (tertiary/aromatic N) is 1. The summed E-state index contributed by atoms with van der Waals surface area (Å²) in [7, 11) is 0. The standard InChI is InChI=1S/C16H21NO2/c1-12-6-8-16(9-7-12)10-17(11-16)14-4-2-13(3-5-14)15(18)19/h2-5,12H,6-11H2,1H3,(H,18,19). The van der Waals surface area contributed by atoms with Gasteiger partial charge in [-0.3, -0.25) is 0 Å². The molecule has 3 rings (SSSR count). The van der Waals surface area contributed by atoms with E-state index in [9.17, 15) is 4.79 Å². The van der Waals surface area contributed by atoms with Gasteiger partial charge in [-0.2, -0.15) is 0 Å². The molecule has 0 unspecified atom stereocenters. The van der Waals surface area contributed by atoms with E-state index in [0.29, 0.717) is 11.0 Å². The number of rotatable bonds is 2. The Labute approximate surface area is 114 Å². The van der Waals surface area contributed by atoms with Crippen molar-refractivity contribution in [1.29, 1.82) is 0 Å². The summed E-state index contributed by atoms with van der Waals surface area (Å²) in [5.41, 5.74) is 2.08. The Balaban J connectivity index is 1.62. The first-order valence-electron chi connectivity index (χ1n) is 7.16. The van der Waals surface area contributed by atoms with Crippen LogP contribution in [0.15, 0.2) is 24.3 Å². The number of hydrogen-bond donors (Lipinski definition) is 1. The SMILES string of the molecule is CC1CCC2(CC1)CN(c1ccc(C(=O)O)cc1)C2. The fourth-order valence-electron chi connectivity index (χ4n) is 3.45. The summed E-state index contributed by atoms with van der Waals surface area (Å²) in [5, 5.41) is 8.90. The Morgan fingerprint density at radius 1 is 1.21 bits per heavy atom. The molecule has 0 bridgehead atoms. The van der Waals surface area contributed by atoms with E-state index in [1.54, 1.807) is 12.1 Å². The van der Waals surface area contributed by atoms with Gasteiger partial charge in [-0.15, -0.1) is 0 Å². The molecule has 1 heterocycles. The second kappa shape index (κ2) is 4.55. The van der Waals surface area contributed by atoms with Crippen molar-refractivity contribution in [3.05, 3.63) is 29.8 Å². The molecule has 1 aromatic carbocycles. The highest BCUT2D eigenvalue weighted by Gasteiger charge is 2.44. The maximum absolute atomic E-state index is 10.8.